The van der Waals surface area contributed by atoms with Crippen LogP contribution in [0, 0.1) is 6.92 Å². The first-order valence-corrected chi connectivity index (χ1v) is 9.89. The molecule has 1 aromatic carbocycles. The van der Waals surface area contributed by atoms with E-state index in [1.165, 1.54) is 27.4 Å². The molecule has 0 spiro atoms. The fraction of sp³-hybridized carbons (Fsp3) is 0.111. The van der Waals surface area contributed by atoms with E-state index in [1.807, 2.05) is 42.6 Å². The van der Waals surface area contributed by atoms with E-state index in [2.05, 4.69) is 20.7 Å². The number of anilines is 1. The van der Waals surface area contributed by atoms with Crippen molar-refractivity contribution in [3.63, 3.8) is 0 Å². The molecule has 0 radical (unpaired) electrons. The predicted octanol–water partition coefficient (Wildman–Crippen LogP) is 3.87. The van der Waals surface area contributed by atoms with Gasteiger partial charge in [0, 0.05) is 18.1 Å². The van der Waals surface area contributed by atoms with Crippen molar-refractivity contribution >= 4 is 50.6 Å². The van der Waals surface area contributed by atoms with Gasteiger partial charge in [0.2, 0.25) is 0 Å². The summed E-state index contributed by atoms with van der Waals surface area (Å²) in [6.45, 7) is 2.40. The lowest BCUT2D eigenvalue weighted by Crippen LogP contribution is -2.29. The molecule has 3 aromatic heterocycles. The number of hydrogen-bond acceptors (Lipinski definition) is 6. The van der Waals surface area contributed by atoms with Gasteiger partial charge in [-0.15, -0.1) is 27.8 Å². The molecule has 0 aliphatic heterocycles. The zero-order valence-corrected chi connectivity index (χ0v) is 15.9. The minimum Gasteiger partial charge on any atom is -0.332 e. The number of nitrogens with zero attached hydrogens (tertiary/aromatic N) is 3. The van der Waals surface area contributed by atoms with Gasteiger partial charge >= 0.3 is 6.03 Å². The van der Waals surface area contributed by atoms with E-state index in [4.69, 9.17) is 0 Å². The summed E-state index contributed by atoms with van der Waals surface area (Å²) in [7, 11) is 0. The van der Waals surface area contributed by atoms with Crippen LogP contribution in [0.2, 0.25) is 0 Å². The maximum atomic E-state index is 12.6. The molecule has 136 valence electrons. The first-order valence-electron chi connectivity index (χ1n) is 8.13. The van der Waals surface area contributed by atoms with E-state index in [9.17, 15) is 9.59 Å². The van der Waals surface area contributed by atoms with Gasteiger partial charge in [0.1, 0.15) is 4.83 Å². The second-order valence-corrected chi connectivity index (χ2v) is 7.57. The number of hydrogen-bond donors (Lipinski definition) is 2. The minimum absolute atomic E-state index is 0.344. The molecular formula is C18H15N5O2S2. The van der Waals surface area contributed by atoms with Crippen molar-refractivity contribution in [1.29, 1.82) is 0 Å². The highest BCUT2D eigenvalue weighted by Gasteiger charge is 2.19. The number of thiophene rings is 1. The Kier molecular flexibility index (Phi) is 4.69. The van der Waals surface area contributed by atoms with Crippen molar-refractivity contribution in [3.05, 3.63) is 63.4 Å². The second kappa shape index (κ2) is 7.29. The zero-order valence-electron chi connectivity index (χ0n) is 14.3. The van der Waals surface area contributed by atoms with Crippen LogP contribution in [0.5, 0.6) is 0 Å². The van der Waals surface area contributed by atoms with Crippen LogP contribution in [0.25, 0.3) is 10.2 Å². The number of aromatic nitrogens is 3. The van der Waals surface area contributed by atoms with Crippen LogP contribution in [0.4, 0.5) is 10.6 Å². The molecular weight excluding hydrogens is 382 g/mol. The van der Waals surface area contributed by atoms with E-state index < -0.39 is 0 Å². The number of aryl methyl sites for hydroxylation is 1. The molecule has 0 aliphatic rings. The summed E-state index contributed by atoms with van der Waals surface area (Å²) in [5.41, 5.74) is 2.15. The first-order chi connectivity index (χ1) is 13.1. The summed E-state index contributed by atoms with van der Waals surface area (Å²) in [6, 6.07) is 9.35. The Hall–Kier alpha value is -3.04. The first kappa shape index (κ1) is 17.4. The number of nitrogens with one attached hydrogen (secondary N) is 2. The minimum atomic E-state index is -0.347. The number of amides is 2. The SMILES string of the molecule is Cc1ccccc1CNC(=O)n1nc(NC(=O)c2nccs2)c2ccsc21. The zero-order chi connectivity index (χ0) is 18.8. The average Bonchev–Trinajstić information content (AvgIpc) is 3.40. The van der Waals surface area contributed by atoms with Crippen molar-refractivity contribution in [2.24, 2.45) is 0 Å². The van der Waals surface area contributed by atoms with Crippen molar-refractivity contribution in [2.75, 3.05) is 5.32 Å². The number of rotatable bonds is 4. The normalized spacial score (nSPS) is 10.9. The smallest absolute Gasteiger partial charge is 0.332 e. The number of thiazole rings is 1. The Labute approximate surface area is 162 Å². The van der Waals surface area contributed by atoms with Gasteiger partial charge in [0.05, 0.1) is 5.39 Å². The lowest BCUT2D eigenvalue weighted by atomic mass is 10.1. The van der Waals surface area contributed by atoms with Crippen LogP contribution in [0.15, 0.2) is 47.3 Å². The van der Waals surface area contributed by atoms with Crippen LogP contribution in [0.3, 0.4) is 0 Å². The Morgan fingerprint density at radius 3 is 2.78 bits per heavy atom. The third-order valence-electron chi connectivity index (χ3n) is 4.03. The Morgan fingerprint density at radius 1 is 1.15 bits per heavy atom. The molecule has 0 atom stereocenters. The van der Waals surface area contributed by atoms with Crippen LogP contribution in [-0.2, 0) is 6.54 Å². The van der Waals surface area contributed by atoms with E-state index in [0.717, 1.165) is 16.5 Å². The monoisotopic (exact) mass is 397 g/mol. The number of carbonyl (C=O) groups excluding carboxylic acids is 2. The van der Waals surface area contributed by atoms with E-state index >= 15 is 0 Å². The van der Waals surface area contributed by atoms with Gasteiger partial charge in [0.25, 0.3) is 5.91 Å². The second-order valence-electron chi connectivity index (χ2n) is 5.78. The van der Waals surface area contributed by atoms with Gasteiger partial charge in [-0.05, 0) is 29.5 Å². The van der Waals surface area contributed by atoms with Crippen LogP contribution in [-0.4, -0.2) is 26.7 Å². The van der Waals surface area contributed by atoms with Crippen molar-refractivity contribution in [1.82, 2.24) is 20.1 Å². The van der Waals surface area contributed by atoms with Crippen LogP contribution >= 0.6 is 22.7 Å². The summed E-state index contributed by atoms with van der Waals surface area (Å²) < 4.78 is 1.29. The number of benzene rings is 1. The van der Waals surface area contributed by atoms with Crippen molar-refractivity contribution in [3.8, 4) is 0 Å². The molecule has 0 saturated carbocycles. The molecule has 4 aromatic rings. The van der Waals surface area contributed by atoms with Gasteiger partial charge in [-0.25, -0.2) is 9.78 Å². The van der Waals surface area contributed by atoms with Gasteiger partial charge in [0.15, 0.2) is 10.8 Å². The number of carbonyl (C=O) groups is 2. The highest BCUT2D eigenvalue weighted by molar-refractivity contribution is 7.17. The third kappa shape index (κ3) is 3.46. The molecule has 3 heterocycles. The van der Waals surface area contributed by atoms with E-state index in [-0.39, 0.29) is 11.9 Å². The van der Waals surface area contributed by atoms with Gasteiger partial charge in [-0.3, -0.25) is 4.79 Å². The Balaban J connectivity index is 1.55. The summed E-state index contributed by atoms with van der Waals surface area (Å²) in [5, 5.41) is 14.6. The molecule has 2 N–H and O–H groups in total. The van der Waals surface area contributed by atoms with Gasteiger partial charge < -0.3 is 10.6 Å². The quantitative estimate of drug-likeness (QED) is 0.547. The number of fused-ring (bicyclic) bond motifs is 1. The standard InChI is InChI=1S/C18H15N5O2S2/c1-11-4-2-3-5-12(11)10-20-18(25)23-17-13(6-8-27-17)14(22-23)21-15(24)16-19-7-9-26-16/h2-9H,10H2,1H3,(H,20,25)(H,21,22,24). The highest BCUT2D eigenvalue weighted by Crippen LogP contribution is 2.28. The fourth-order valence-electron chi connectivity index (χ4n) is 2.63. The van der Waals surface area contributed by atoms with Crippen LogP contribution < -0.4 is 10.6 Å². The largest absolute Gasteiger partial charge is 0.343 e. The molecule has 0 aliphatic carbocycles. The molecule has 27 heavy (non-hydrogen) atoms. The van der Waals surface area contributed by atoms with Crippen molar-refractivity contribution < 1.29 is 9.59 Å². The van der Waals surface area contributed by atoms with Crippen LogP contribution in [0.1, 0.15) is 20.9 Å². The lowest BCUT2D eigenvalue weighted by Gasteiger charge is -2.07. The maximum absolute atomic E-state index is 12.6. The third-order valence-corrected chi connectivity index (χ3v) is 5.69. The Bertz CT molecular complexity index is 1110. The van der Waals surface area contributed by atoms with E-state index in [1.54, 1.807) is 11.6 Å². The molecule has 0 bridgehead atoms. The molecule has 0 fully saturated rings. The summed E-state index contributed by atoms with van der Waals surface area (Å²) in [4.78, 5) is 29.6. The highest BCUT2D eigenvalue weighted by atomic mass is 32.1. The molecule has 7 nitrogen and oxygen atoms in total. The molecule has 4 rings (SSSR count). The van der Waals surface area contributed by atoms with E-state index in [0.29, 0.717) is 22.2 Å². The maximum Gasteiger partial charge on any atom is 0.343 e. The van der Waals surface area contributed by atoms with Gasteiger partial charge in [-0.1, -0.05) is 24.3 Å². The summed E-state index contributed by atoms with van der Waals surface area (Å²) in [5.74, 6) is 0.000519. The fourth-order valence-corrected chi connectivity index (χ4v) is 4.00. The predicted molar refractivity (Wildman–Crippen MR) is 106 cm³/mol. The Morgan fingerprint density at radius 2 is 2.00 bits per heavy atom. The molecule has 9 heteroatoms. The lowest BCUT2D eigenvalue weighted by molar-refractivity contribution is 0.102. The average molecular weight is 397 g/mol. The topological polar surface area (TPSA) is 88.9 Å². The molecule has 2 amide bonds. The van der Waals surface area contributed by atoms with Crippen molar-refractivity contribution in [2.45, 2.75) is 13.5 Å². The molecule has 0 saturated heterocycles. The molecule has 0 unspecified atom stereocenters. The van der Waals surface area contributed by atoms with Gasteiger partial charge in [-0.2, -0.15) is 4.68 Å². The summed E-state index contributed by atoms with van der Waals surface area (Å²) >= 11 is 2.63. The summed E-state index contributed by atoms with van der Waals surface area (Å²) in [6.07, 6.45) is 1.57.